The van der Waals surface area contributed by atoms with Gasteiger partial charge >= 0.3 is 0 Å². The van der Waals surface area contributed by atoms with Crippen molar-refractivity contribution in [2.45, 2.75) is 44.6 Å². The van der Waals surface area contributed by atoms with Crippen molar-refractivity contribution in [3.63, 3.8) is 0 Å². The molecule has 0 spiro atoms. The molecule has 0 aromatic heterocycles. The van der Waals surface area contributed by atoms with Gasteiger partial charge in [-0.05, 0) is 35.3 Å². The smallest absolute Gasteiger partial charge is 0.0172 e. The summed E-state index contributed by atoms with van der Waals surface area (Å²) < 4.78 is 0. The Bertz CT molecular complexity index is 390. The van der Waals surface area contributed by atoms with E-state index in [1.807, 2.05) is 0 Å². The lowest BCUT2D eigenvalue weighted by Gasteiger charge is -2.09. The van der Waals surface area contributed by atoms with Crippen LogP contribution in [0.4, 0.5) is 0 Å². The molecule has 0 heterocycles. The van der Waals surface area contributed by atoms with E-state index in [1.165, 1.54) is 18.4 Å². The predicted molar refractivity (Wildman–Crippen MR) is 62.9 cm³/mol. The largest absolute Gasteiger partial charge is 0.327 e. The Labute approximate surface area is 91.7 Å². The third-order valence-electron chi connectivity index (χ3n) is 4.26. The van der Waals surface area contributed by atoms with E-state index in [0.717, 1.165) is 5.92 Å². The van der Waals surface area contributed by atoms with E-state index in [9.17, 15) is 0 Å². The second kappa shape index (κ2) is 2.85. The van der Waals surface area contributed by atoms with Gasteiger partial charge in [-0.1, -0.05) is 38.1 Å². The first-order chi connectivity index (χ1) is 7.12. The number of hydrogen-bond acceptors (Lipinski definition) is 1. The van der Waals surface area contributed by atoms with Gasteiger partial charge in [-0.25, -0.2) is 0 Å². The van der Waals surface area contributed by atoms with Gasteiger partial charge in [0.1, 0.15) is 0 Å². The van der Waals surface area contributed by atoms with Crippen LogP contribution in [0.3, 0.4) is 0 Å². The molecule has 3 rings (SSSR count). The zero-order valence-corrected chi connectivity index (χ0v) is 9.53. The lowest BCUT2D eigenvalue weighted by Crippen LogP contribution is -2.06. The molecule has 1 nitrogen and oxygen atoms in total. The van der Waals surface area contributed by atoms with Gasteiger partial charge in [0.2, 0.25) is 0 Å². The third kappa shape index (κ3) is 1.33. The van der Waals surface area contributed by atoms with Gasteiger partial charge in [0.05, 0.1) is 0 Å². The number of hydrogen-bond donors (Lipinski definition) is 1. The van der Waals surface area contributed by atoms with E-state index in [2.05, 4.69) is 38.1 Å². The van der Waals surface area contributed by atoms with Crippen LogP contribution in [0.15, 0.2) is 24.3 Å². The molecule has 2 aliphatic carbocycles. The minimum absolute atomic E-state index is 0.311. The topological polar surface area (TPSA) is 26.0 Å². The molecule has 1 aromatic rings. The zero-order valence-electron chi connectivity index (χ0n) is 9.53. The zero-order chi connectivity index (χ0) is 10.6. The molecule has 2 saturated carbocycles. The summed E-state index contributed by atoms with van der Waals surface area (Å²) in [6.45, 7) is 4.57. The van der Waals surface area contributed by atoms with Crippen molar-refractivity contribution in [3.05, 3.63) is 35.4 Å². The van der Waals surface area contributed by atoms with Gasteiger partial charge in [-0.3, -0.25) is 0 Å². The molecule has 0 bridgehead atoms. The van der Waals surface area contributed by atoms with Crippen LogP contribution in [0.2, 0.25) is 0 Å². The van der Waals surface area contributed by atoms with Crippen LogP contribution in [0.5, 0.6) is 0 Å². The molecule has 2 N–H and O–H groups in total. The molecule has 0 amide bonds. The number of rotatable bonds is 2. The summed E-state index contributed by atoms with van der Waals surface area (Å²) in [5.74, 6) is 1.43. The normalized spacial score (nSPS) is 32.7. The molecule has 1 aromatic carbocycles. The van der Waals surface area contributed by atoms with Gasteiger partial charge in [0, 0.05) is 12.0 Å². The highest BCUT2D eigenvalue weighted by molar-refractivity contribution is 5.43. The summed E-state index contributed by atoms with van der Waals surface area (Å²) in [5.41, 5.74) is 9.57. The molecule has 1 heteroatoms. The summed E-state index contributed by atoms with van der Waals surface area (Å²) in [6, 6.07) is 9.26. The first kappa shape index (κ1) is 9.41. The molecule has 0 aliphatic heterocycles. The van der Waals surface area contributed by atoms with Crippen molar-refractivity contribution in [2.75, 3.05) is 0 Å². The Kier molecular flexibility index (Phi) is 1.79. The maximum absolute atomic E-state index is 6.17. The molecule has 80 valence electrons. The highest BCUT2D eigenvalue weighted by Crippen LogP contribution is 2.59. The highest BCUT2D eigenvalue weighted by Gasteiger charge is 2.57. The average Bonchev–Trinajstić information content (AvgIpc) is 3.08. The number of nitrogens with two attached hydrogens (primary N) is 1. The second-order valence-corrected chi connectivity index (χ2v) is 5.73. The van der Waals surface area contributed by atoms with E-state index in [0.29, 0.717) is 17.4 Å². The van der Waals surface area contributed by atoms with Crippen LogP contribution in [-0.2, 0) is 0 Å². The van der Waals surface area contributed by atoms with Crippen LogP contribution in [0, 0.1) is 5.41 Å². The van der Waals surface area contributed by atoms with E-state index in [4.69, 9.17) is 5.73 Å². The lowest BCUT2D eigenvalue weighted by molar-refractivity contribution is 0.598. The van der Waals surface area contributed by atoms with E-state index in [-0.39, 0.29) is 0 Å². The maximum Gasteiger partial charge on any atom is 0.0172 e. The predicted octanol–water partition coefficient (Wildman–Crippen LogP) is 3.01. The molecular formula is C14H19N. The minimum atomic E-state index is 0.311. The van der Waals surface area contributed by atoms with Crippen molar-refractivity contribution in [1.82, 2.24) is 0 Å². The van der Waals surface area contributed by atoms with Crippen LogP contribution >= 0.6 is 0 Å². The van der Waals surface area contributed by atoms with Crippen molar-refractivity contribution < 1.29 is 0 Å². The molecule has 0 radical (unpaired) electrons. The molecular weight excluding hydrogens is 182 g/mol. The third-order valence-corrected chi connectivity index (χ3v) is 4.26. The summed E-state index contributed by atoms with van der Waals surface area (Å²) >= 11 is 0. The fraction of sp³-hybridized carbons (Fsp3) is 0.571. The van der Waals surface area contributed by atoms with Crippen LogP contribution < -0.4 is 5.73 Å². The fourth-order valence-electron chi connectivity index (χ4n) is 2.83. The van der Waals surface area contributed by atoms with Gasteiger partial charge < -0.3 is 5.73 Å². The summed E-state index contributed by atoms with van der Waals surface area (Å²) in [4.78, 5) is 0. The van der Waals surface area contributed by atoms with Crippen molar-refractivity contribution in [1.29, 1.82) is 0 Å². The van der Waals surface area contributed by atoms with Gasteiger partial charge in [0.25, 0.3) is 0 Å². The van der Waals surface area contributed by atoms with Crippen LogP contribution in [0.25, 0.3) is 0 Å². The Balaban J connectivity index is 1.98. The standard InChI is InChI=1S/C14H19N/c1-14(2)12(13(14)15)11-6-4-3-5-10(11)9-7-8-9/h3-6,9,12-13H,7-8,15H2,1-2H3/t12-,13-/m0/s1. The van der Waals surface area contributed by atoms with Crippen LogP contribution in [0.1, 0.15) is 49.7 Å². The Morgan fingerprint density at radius 2 is 1.67 bits per heavy atom. The SMILES string of the molecule is CC1(C)[C@@H](N)[C@@H]1c1ccccc1C1CC1. The molecule has 0 unspecified atom stereocenters. The maximum atomic E-state index is 6.17. The molecule has 2 fully saturated rings. The summed E-state index contributed by atoms with van der Waals surface area (Å²) in [6.07, 6.45) is 2.75. The summed E-state index contributed by atoms with van der Waals surface area (Å²) in [7, 11) is 0. The Morgan fingerprint density at radius 1 is 1.13 bits per heavy atom. The monoisotopic (exact) mass is 201 g/mol. The Hall–Kier alpha value is -0.820. The molecule has 2 atom stereocenters. The van der Waals surface area contributed by atoms with Crippen molar-refractivity contribution >= 4 is 0 Å². The first-order valence-corrected chi connectivity index (χ1v) is 5.97. The van der Waals surface area contributed by atoms with Crippen LogP contribution in [-0.4, -0.2) is 6.04 Å². The summed E-state index contributed by atoms with van der Waals surface area (Å²) in [5, 5.41) is 0. The van der Waals surface area contributed by atoms with E-state index >= 15 is 0 Å². The lowest BCUT2D eigenvalue weighted by atomic mass is 9.95. The Morgan fingerprint density at radius 3 is 2.13 bits per heavy atom. The molecule has 0 saturated heterocycles. The van der Waals surface area contributed by atoms with Crippen molar-refractivity contribution in [3.8, 4) is 0 Å². The molecule has 2 aliphatic rings. The van der Waals surface area contributed by atoms with Gasteiger partial charge in [0.15, 0.2) is 0 Å². The molecule has 15 heavy (non-hydrogen) atoms. The second-order valence-electron chi connectivity index (χ2n) is 5.73. The van der Waals surface area contributed by atoms with E-state index in [1.54, 1.807) is 5.56 Å². The van der Waals surface area contributed by atoms with Crippen molar-refractivity contribution in [2.24, 2.45) is 11.1 Å². The van der Waals surface area contributed by atoms with E-state index < -0.39 is 0 Å². The number of benzene rings is 1. The fourth-order valence-corrected chi connectivity index (χ4v) is 2.83. The minimum Gasteiger partial charge on any atom is -0.327 e. The highest BCUT2D eigenvalue weighted by atomic mass is 14.8. The van der Waals surface area contributed by atoms with Gasteiger partial charge in [-0.2, -0.15) is 0 Å². The average molecular weight is 201 g/mol. The van der Waals surface area contributed by atoms with Gasteiger partial charge in [-0.15, -0.1) is 0 Å². The first-order valence-electron chi connectivity index (χ1n) is 5.97. The quantitative estimate of drug-likeness (QED) is 0.782.